The van der Waals surface area contributed by atoms with E-state index >= 15 is 0 Å². The molecule has 4 nitrogen and oxygen atoms in total. The average molecular weight is 364 g/mol. The maximum absolute atomic E-state index is 12.7. The van der Waals surface area contributed by atoms with Crippen LogP contribution in [-0.4, -0.2) is 35.8 Å². The van der Waals surface area contributed by atoms with Crippen molar-refractivity contribution < 1.29 is 9.59 Å². The van der Waals surface area contributed by atoms with Crippen molar-refractivity contribution in [3.05, 3.63) is 48.0 Å². The minimum atomic E-state index is -0.109. The number of hydrogen-bond acceptors (Lipinski definition) is 2. The molecule has 1 N–H and O–H groups in total. The largest absolute Gasteiger partial charge is 0.352 e. The zero-order valence-electron chi connectivity index (χ0n) is 15.8. The van der Waals surface area contributed by atoms with Gasteiger partial charge in [-0.25, -0.2) is 0 Å². The molecule has 2 atom stereocenters. The van der Waals surface area contributed by atoms with Crippen molar-refractivity contribution >= 4 is 22.6 Å². The highest BCUT2D eigenvalue weighted by molar-refractivity contribution is 5.98. The Kier molecular flexibility index (Phi) is 5.42. The zero-order valence-corrected chi connectivity index (χ0v) is 15.8. The number of benzene rings is 2. The van der Waals surface area contributed by atoms with Crippen LogP contribution in [0, 0.1) is 5.92 Å². The maximum atomic E-state index is 12.7. The van der Waals surface area contributed by atoms with Crippen LogP contribution in [0.15, 0.2) is 42.5 Å². The minimum absolute atomic E-state index is 0.109. The van der Waals surface area contributed by atoms with E-state index in [0.717, 1.165) is 30.2 Å². The van der Waals surface area contributed by atoms with Crippen molar-refractivity contribution in [1.82, 2.24) is 10.2 Å². The standard InChI is InChI=1S/C23H28N2O2/c26-22(25-15-5-9-18-7-3-4-10-21(18)25)13-14-24-23(27)20-12-11-17-6-1-2-8-19(17)16-20/h1-2,6,8,11-12,16,18,21H,3-5,7,9-10,13-15H2,(H,24,27). The second-order valence-electron chi connectivity index (χ2n) is 7.91. The van der Waals surface area contributed by atoms with Crippen LogP contribution in [0.1, 0.15) is 55.3 Å². The van der Waals surface area contributed by atoms with Gasteiger partial charge in [0.05, 0.1) is 0 Å². The van der Waals surface area contributed by atoms with E-state index in [9.17, 15) is 9.59 Å². The topological polar surface area (TPSA) is 49.4 Å². The van der Waals surface area contributed by atoms with E-state index in [1.165, 1.54) is 25.7 Å². The van der Waals surface area contributed by atoms with E-state index in [0.29, 0.717) is 30.5 Å². The van der Waals surface area contributed by atoms with Gasteiger partial charge in [0.15, 0.2) is 0 Å². The lowest BCUT2D eigenvalue weighted by atomic mass is 9.78. The molecular weight excluding hydrogens is 336 g/mol. The predicted molar refractivity (Wildman–Crippen MR) is 108 cm³/mol. The van der Waals surface area contributed by atoms with Gasteiger partial charge in [0.25, 0.3) is 5.91 Å². The molecule has 0 bridgehead atoms. The zero-order chi connectivity index (χ0) is 18.6. The van der Waals surface area contributed by atoms with Crippen LogP contribution in [0.25, 0.3) is 10.8 Å². The van der Waals surface area contributed by atoms with Crippen LogP contribution in [0.5, 0.6) is 0 Å². The van der Waals surface area contributed by atoms with Gasteiger partial charge in [-0.15, -0.1) is 0 Å². The Morgan fingerprint density at radius 1 is 0.963 bits per heavy atom. The molecule has 1 aliphatic heterocycles. The van der Waals surface area contributed by atoms with E-state index in [4.69, 9.17) is 0 Å². The number of nitrogens with zero attached hydrogens (tertiary/aromatic N) is 1. The molecule has 1 heterocycles. The van der Waals surface area contributed by atoms with Gasteiger partial charge in [-0.05, 0) is 54.5 Å². The quantitative estimate of drug-likeness (QED) is 0.886. The molecule has 2 aromatic carbocycles. The van der Waals surface area contributed by atoms with Gasteiger partial charge < -0.3 is 10.2 Å². The summed E-state index contributed by atoms with van der Waals surface area (Å²) in [4.78, 5) is 27.3. The Morgan fingerprint density at radius 2 is 1.74 bits per heavy atom. The summed E-state index contributed by atoms with van der Waals surface area (Å²) in [6.45, 7) is 1.29. The molecule has 2 aliphatic rings. The van der Waals surface area contributed by atoms with Crippen molar-refractivity contribution in [3.8, 4) is 0 Å². The van der Waals surface area contributed by atoms with Gasteiger partial charge in [-0.1, -0.05) is 43.2 Å². The van der Waals surface area contributed by atoms with E-state index < -0.39 is 0 Å². The first kappa shape index (κ1) is 18.0. The van der Waals surface area contributed by atoms with Gasteiger partial charge in [0, 0.05) is 31.1 Å². The molecule has 1 saturated carbocycles. The Balaban J connectivity index is 1.31. The van der Waals surface area contributed by atoms with Gasteiger partial charge in [0.1, 0.15) is 0 Å². The van der Waals surface area contributed by atoms with Crippen molar-refractivity contribution in [3.63, 3.8) is 0 Å². The normalized spacial score (nSPS) is 22.3. The number of carbonyl (C=O) groups excluding carboxylic acids is 2. The molecular formula is C23H28N2O2. The summed E-state index contributed by atoms with van der Waals surface area (Å²) >= 11 is 0. The summed E-state index contributed by atoms with van der Waals surface area (Å²) in [6, 6.07) is 14.2. The summed E-state index contributed by atoms with van der Waals surface area (Å²) in [5.74, 6) is 0.789. The molecule has 2 amide bonds. The first-order valence-electron chi connectivity index (χ1n) is 10.3. The van der Waals surface area contributed by atoms with Crippen LogP contribution in [0.3, 0.4) is 0 Å². The Morgan fingerprint density at radius 3 is 2.63 bits per heavy atom. The lowest BCUT2D eigenvalue weighted by molar-refractivity contribution is -0.137. The van der Waals surface area contributed by atoms with Gasteiger partial charge in [0.2, 0.25) is 5.91 Å². The van der Waals surface area contributed by atoms with Crippen LogP contribution in [-0.2, 0) is 4.79 Å². The Labute approximate surface area is 160 Å². The highest BCUT2D eigenvalue weighted by atomic mass is 16.2. The minimum Gasteiger partial charge on any atom is -0.352 e. The molecule has 4 rings (SSSR count). The Hall–Kier alpha value is -2.36. The monoisotopic (exact) mass is 364 g/mol. The number of hydrogen-bond donors (Lipinski definition) is 1. The highest BCUT2D eigenvalue weighted by Gasteiger charge is 2.35. The second kappa shape index (κ2) is 8.12. The number of carbonyl (C=O) groups is 2. The molecule has 1 aliphatic carbocycles. The van der Waals surface area contributed by atoms with Crippen molar-refractivity contribution in [2.45, 2.75) is 51.0 Å². The van der Waals surface area contributed by atoms with E-state index in [2.05, 4.69) is 10.2 Å². The predicted octanol–water partition coefficient (Wildman–Crippen LogP) is 4.14. The third-order valence-corrected chi connectivity index (χ3v) is 6.20. The summed E-state index contributed by atoms with van der Waals surface area (Å²) in [5, 5.41) is 5.09. The van der Waals surface area contributed by atoms with Crippen LogP contribution < -0.4 is 5.32 Å². The average Bonchev–Trinajstić information content (AvgIpc) is 2.72. The van der Waals surface area contributed by atoms with E-state index in [1.807, 2.05) is 42.5 Å². The van der Waals surface area contributed by atoms with E-state index in [-0.39, 0.29) is 11.8 Å². The summed E-state index contributed by atoms with van der Waals surface area (Å²) < 4.78 is 0. The molecule has 2 fully saturated rings. The maximum Gasteiger partial charge on any atom is 0.251 e. The summed E-state index contributed by atoms with van der Waals surface area (Å²) in [6.07, 6.45) is 7.76. The fraction of sp³-hybridized carbons (Fsp3) is 0.478. The van der Waals surface area contributed by atoms with Crippen molar-refractivity contribution in [2.75, 3.05) is 13.1 Å². The summed E-state index contributed by atoms with van der Waals surface area (Å²) in [7, 11) is 0. The molecule has 27 heavy (non-hydrogen) atoms. The molecule has 2 aromatic rings. The molecule has 142 valence electrons. The first-order chi connectivity index (χ1) is 13.2. The van der Waals surface area contributed by atoms with Crippen LogP contribution in [0.2, 0.25) is 0 Å². The number of piperidine rings is 1. The van der Waals surface area contributed by atoms with Crippen LogP contribution in [0.4, 0.5) is 0 Å². The fourth-order valence-electron chi connectivity index (χ4n) is 4.79. The lowest BCUT2D eigenvalue weighted by Crippen LogP contribution is -2.50. The number of rotatable bonds is 4. The second-order valence-corrected chi connectivity index (χ2v) is 7.91. The lowest BCUT2D eigenvalue weighted by Gasteiger charge is -2.44. The number of fused-ring (bicyclic) bond motifs is 2. The van der Waals surface area contributed by atoms with Gasteiger partial charge in [-0.3, -0.25) is 9.59 Å². The van der Waals surface area contributed by atoms with Gasteiger partial charge in [-0.2, -0.15) is 0 Å². The van der Waals surface area contributed by atoms with Crippen LogP contribution >= 0.6 is 0 Å². The summed E-state index contributed by atoms with van der Waals surface area (Å²) in [5.41, 5.74) is 0.645. The molecule has 0 aromatic heterocycles. The van der Waals surface area contributed by atoms with Crippen molar-refractivity contribution in [2.24, 2.45) is 5.92 Å². The van der Waals surface area contributed by atoms with E-state index in [1.54, 1.807) is 0 Å². The smallest absolute Gasteiger partial charge is 0.251 e. The van der Waals surface area contributed by atoms with Gasteiger partial charge >= 0.3 is 0 Å². The first-order valence-corrected chi connectivity index (χ1v) is 10.3. The third kappa shape index (κ3) is 4.00. The molecule has 4 heteroatoms. The molecule has 0 spiro atoms. The third-order valence-electron chi connectivity index (χ3n) is 6.20. The molecule has 2 unspecified atom stereocenters. The molecule has 1 saturated heterocycles. The Bertz CT molecular complexity index is 830. The highest BCUT2D eigenvalue weighted by Crippen LogP contribution is 2.35. The molecule has 0 radical (unpaired) electrons. The number of likely N-dealkylation sites (tertiary alicyclic amines) is 1. The fourth-order valence-corrected chi connectivity index (χ4v) is 4.79. The van der Waals surface area contributed by atoms with Crippen molar-refractivity contribution in [1.29, 1.82) is 0 Å². The number of nitrogens with one attached hydrogen (secondary N) is 1. The SMILES string of the molecule is O=C(NCCC(=O)N1CCCC2CCCCC21)c1ccc2ccccc2c1. The number of amides is 2.